The minimum absolute atomic E-state index is 0.983. The number of carbonyl (C=O) groups excluding carboxylic acids is 4. The molecule has 0 aromatic carbocycles. The molecule has 0 amide bonds. The zero-order chi connectivity index (χ0) is 15.3. The summed E-state index contributed by atoms with van der Waals surface area (Å²) in [5.74, 6) is -3.93. The second-order valence-electron chi connectivity index (χ2n) is 4.64. The van der Waals surface area contributed by atoms with Gasteiger partial charge in [0.15, 0.2) is 0 Å². The molecule has 5 aliphatic rings. The Kier molecular flexibility index (Phi) is 2.32. The molecular weight excluding hydrogens is 438 g/mol. The maximum atomic E-state index is 11.9. The molecule has 14 heteroatoms. The fourth-order valence-corrected chi connectivity index (χ4v) is 10.1. The average Bonchev–Trinajstić information content (AvgIpc) is 3.09. The predicted molar refractivity (Wildman–Crippen MR) is 55.4 cm³/mol. The van der Waals surface area contributed by atoms with E-state index in [-0.39, 0.29) is 0 Å². The van der Waals surface area contributed by atoms with Gasteiger partial charge in [-0.25, -0.2) is 0 Å². The Labute approximate surface area is 127 Å². The maximum absolute atomic E-state index is 11.9. The van der Waals surface area contributed by atoms with Gasteiger partial charge >= 0.3 is 127 Å². The Morgan fingerprint density at radius 2 is 0.727 bits per heavy atom. The van der Waals surface area contributed by atoms with Gasteiger partial charge < -0.3 is 0 Å². The molecule has 0 saturated carbocycles. The Bertz CT molecular complexity index is 548. The number of carbonyl (C=O) groups is 4. The van der Waals surface area contributed by atoms with Gasteiger partial charge in [-0.15, -0.1) is 0 Å². The van der Waals surface area contributed by atoms with E-state index in [1.54, 1.807) is 0 Å². The zero-order valence-electron chi connectivity index (χ0n) is 10.1. The van der Waals surface area contributed by atoms with Crippen molar-refractivity contribution in [3.63, 3.8) is 0 Å². The van der Waals surface area contributed by atoms with Crippen molar-refractivity contribution < 1.29 is 49.0 Å². The van der Waals surface area contributed by atoms with Crippen LogP contribution >= 0.6 is 0 Å². The van der Waals surface area contributed by atoms with Gasteiger partial charge in [0.2, 0.25) is 0 Å². The van der Waals surface area contributed by atoms with Crippen LogP contribution in [0.5, 0.6) is 0 Å². The van der Waals surface area contributed by atoms with Gasteiger partial charge in [-0.05, 0) is 0 Å². The van der Waals surface area contributed by atoms with Crippen LogP contribution < -0.4 is 0 Å². The summed E-state index contributed by atoms with van der Waals surface area (Å²) >= 11 is -9.07. The summed E-state index contributed by atoms with van der Waals surface area (Å²) in [4.78, 5) is 47.5. The Balaban J connectivity index is 1.66. The van der Waals surface area contributed by atoms with Gasteiger partial charge in [0.05, 0.1) is 0 Å². The van der Waals surface area contributed by atoms with E-state index in [4.69, 9.17) is 29.8 Å². The van der Waals surface area contributed by atoms with Crippen molar-refractivity contribution in [3.05, 3.63) is 0 Å². The molecular formula is C8H4As2O12+2. The van der Waals surface area contributed by atoms with E-state index in [2.05, 4.69) is 0 Å². The van der Waals surface area contributed by atoms with Crippen molar-refractivity contribution in [1.29, 1.82) is 0 Å². The first-order chi connectivity index (χ1) is 10.4. The van der Waals surface area contributed by atoms with Crippen LogP contribution in [0.2, 0.25) is 0 Å². The molecule has 6 bridgehead atoms. The van der Waals surface area contributed by atoms with E-state index >= 15 is 0 Å². The topological polar surface area (TPSA) is 142 Å². The van der Waals surface area contributed by atoms with Crippen LogP contribution in [0.3, 0.4) is 0 Å². The molecule has 5 saturated heterocycles. The summed E-state index contributed by atoms with van der Waals surface area (Å²) in [6.07, 6.45) is -6.14. The molecule has 12 nitrogen and oxygen atoms in total. The summed E-state index contributed by atoms with van der Waals surface area (Å²) in [6, 6.07) is 0. The summed E-state index contributed by atoms with van der Waals surface area (Å²) in [6.45, 7) is 0. The van der Waals surface area contributed by atoms with Crippen molar-refractivity contribution in [2.75, 3.05) is 0 Å². The van der Waals surface area contributed by atoms with Crippen LogP contribution in [0.1, 0.15) is 0 Å². The van der Waals surface area contributed by atoms with Crippen LogP contribution in [-0.4, -0.2) is 78.1 Å². The molecule has 4 atom stereocenters. The molecule has 0 unspecified atom stereocenters. The van der Waals surface area contributed by atoms with Gasteiger partial charge in [-0.3, -0.25) is 0 Å². The SMILES string of the molecule is O=C1O[As+]23OC(=O)[C@@H](O2)[C@@H]2O[As+]4(OC(=O)[C@@H](O4)[C@@H]1O3)OC2=O. The van der Waals surface area contributed by atoms with Crippen molar-refractivity contribution in [3.8, 4) is 0 Å². The van der Waals surface area contributed by atoms with E-state index < -0.39 is 78.1 Å². The summed E-state index contributed by atoms with van der Waals surface area (Å²) in [5.41, 5.74) is 0. The minimum atomic E-state index is -4.54. The summed E-state index contributed by atoms with van der Waals surface area (Å²) < 4.78 is 40.7. The number of hydrogen-bond acceptors (Lipinski definition) is 12. The van der Waals surface area contributed by atoms with Gasteiger partial charge in [-0.1, -0.05) is 0 Å². The van der Waals surface area contributed by atoms with Crippen LogP contribution in [0.25, 0.3) is 0 Å². The van der Waals surface area contributed by atoms with E-state index in [1.807, 2.05) is 0 Å². The number of fused-ring (bicyclic) bond motifs is 6. The third-order valence-electron chi connectivity index (χ3n) is 3.26. The molecule has 5 heterocycles. The molecule has 5 fully saturated rings. The van der Waals surface area contributed by atoms with Crippen molar-refractivity contribution >= 4 is 53.7 Å². The second kappa shape index (κ2) is 3.84. The summed E-state index contributed by atoms with van der Waals surface area (Å²) in [7, 11) is 0. The van der Waals surface area contributed by atoms with Crippen molar-refractivity contribution in [2.24, 2.45) is 0 Å². The summed E-state index contributed by atoms with van der Waals surface area (Å²) in [5, 5.41) is 0. The number of rotatable bonds is 0. The normalized spacial score (nSPS) is 51.3. The molecule has 0 aromatic heterocycles. The van der Waals surface area contributed by atoms with Crippen LogP contribution in [0.15, 0.2) is 0 Å². The van der Waals surface area contributed by atoms with E-state index in [0.717, 1.165) is 0 Å². The van der Waals surface area contributed by atoms with Crippen LogP contribution in [-0.2, 0) is 49.0 Å². The van der Waals surface area contributed by atoms with Gasteiger partial charge in [0, 0.05) is 0 Å². The first kappa shape index (κ1) is 13.3. The molecule has 5 rings (SSSR count). The Morgan fingerprint density at radius 1 is 0.500 bits per heavy atom. The monoisotopic (exact) mass is 442 g/mol. The van der Waals surface area contributed by atoms with E-state index in [0.29, 0.717) is 0 Å². The van der Waals surface area contributed by atoms with Gasteiger partial charge in [-0.2, -0.15) is 0 Å². The first-order valence-electron chi connectivity index (χ1n) is 5.86. The molecule has 5 aliphatic heterocycles. The molecule has 116 valence electrons. The fraction of sp³-hybridized carbons (Fsp3) is 0.500. The predicted octanol–water partition coefficient (Wildman–Crippen LogP) is -3.36. The molecule has 2 spiro atoms. The zero-order valence-corrected chi connectivity index (χ0v) is 13.9. The second-order valence-corrected chi connectivity index (χ2v) is 11.7. The standard InChI is InChI=1S/C8H4As2O12/c11-5-1-2-6(12)20-10(16-2)18-4(8(14)22-10)3-7(13)21-9(15-1,17-3)19-5/h1-4H/q+2/t1-,2-,3-,4-,9?,10?/m0/s1. The third kappa shape index (κ3) is 1.52. The molecule has 22 heavy (non-hydrogen) atoms. The van der Waals surface area contributed by atoms with Crippen LogP contribution in [0.4, 0.5) is 0 Å². The fourth-order valence-electron chi connectivity index (χ4n) is 2.35. The van der Waals surface area contributed by atoms with Crippen molar-refractivity contribution in [2.45, 2.75) is 24.4 Å². The van der Waals surface area contributed by atoms with Crippen LogP contribution in [0, 0.1) is 0 Å². The molecule has 0 aromatic rings. The Morgan fingerprint density at radius 3 is 0.955 bits per heavy atom. The Hall–Kier alpha value is -1.16. The quantitative estimate of drug-likeness (QED) is 0.346. The molecule has 0 aliphatic carbocycles. The average molecular weight is 442 g/mol. The van der Waals surface area contributed by atoms with Crippen molar-refractivity contribution in [1.82, 2.24) is 0 Å². The molecule has 0 N–H and O–H groups in total. The first-order valence-corrected chi connectivity index (χ1v) is 12.0. The van der Waals surface area contributed by atoms with E-state index in [9.17, 15) is 19.2 Å². The van der Waals surface area contributed by atoms with Gasteiger partial charge in [0.1, 0.15) is 0 Å². The third-order valence-corrected chi connectivity index (χ3v) is 10.7. The van der Waals surface area contributed by atoms with Gasteiger partial charge in [0.25, 0.3) is 0 Å². The van der Waals surface area contributed by atoms with E-state index in [1.165, 1.54) is 0 Å². The molecule has 0 radical (unpaired) electrons. The number of hydrogen-bond donors (Lipinski definition) is 0.